The first-order valence-corrected chi connectivity index (χ1v) is 20.3. The number of amides is 1. The Hall–Kier alpha value is -4.52. The van der Waals surface area contributed by atoms with Crippen LogP contribution in [-0.2, 0) is 16.0 Å². The van der Waals surface area contributed by atoms with Crippen LogP contribution in [0.5, 0.6) is 0 Å². The number of H-pyrrole nitrogens is 1. The first kappa shape index (κ1) is 44.9. The summed E-state index contributed by atoms with van der Waals surface area (Å²) in [5.74, 6) is -0.378. The van der Waals surface area contributed by atoms with Crippen molar-refractivity contribution < 1.29 is 9.59 Å². The topological polar surface area (TPSA) is 123 Å². The average Bonchev–Trinajstić information content (AvgIpc) is 3.45. The minimum atomic E-state index is -0.630. The molecule has 55 heavy (non-hydrogen) atoms. The largest absolute Gasteiger partial charge is 0.333 e. The third-order valence-electron chi connectivity index (χ3n) is 9.64. The molecular formula is C45H61ClN6O3. The predicted molar refractivity (Wildman–Crippen MR) is 227 cm³/mol. The number of nitriles is 1. The van der Waals surface area contributed by atoms with Crippen molar-refractivity contribution in [2.45, 2.75) is 118 Å². The monoisotopic (exact) mass is 768 g/mol. The van der Waals surface area contributed by atoms with E-state index in [1.165, 1.54) is 75.5 Å². The number of Topliss-reactive ketones (excluding diaryl/α,β-unsaturated/α-hetero) is 1. The number of aryl methyl sites for hydroxylation is 3. The van der Waals surface area contributed by atoms with Crippen LogP contribution in [0.4, 0.5) is 5.69 Å². The molecule has 1 amide bonds. The summed E-state index contributed by atoms with van der Waals surface area (Å²) >= 11 is 6.53. The summed E-state index contributed by atoms with van der Waals surface area (Å²) < 4.78 is 1.30. The molecule has 0 aliphatic rings. The molecule has 2 heterocycles. The number of aromatic nitrogens is 3. The number of hydrogen-bond acceptors (Lipinski definition) is 6. The van der Waals surface area contributed by atoms with E-state index in [4.69, 9.17) is 11.6 Å². The molecule has 2 aromatic carbocycles. The molecular weight excluding hydrogens is 708 g/mol. The fourth-order valence-electron chi connectivity index (χ4n) is 6.47. The molecule has 0 saturated carbocycles. The molecule has 2 aromatic heterocycles. The number of unbranched alkanes of at least 4 members (excludes halogenated alkanes) is 11. The molecule has 0 saturated heterocycles. The van der Waals surface area contributed by atoms with Crippen LogP contribution in [-0.4, -0.2) is 51.6 Å². The van der Waals surface area contributed by atoms with Gasteiger partial charge < -0.3 is 10.2 Å². The third kappa shape index (κ3) is 14.6. The Bertz CT molecular complexity index is 1940. The van der Waals surface area contributed by atoms with Gasteiger partial charge in [0.2, 0.25) is 5.91 Å². The highest BCUT2D eigenvalue weighted by molar-refractivity contribution is 6.33. The first-order chi connectivity index (χ1) is 26.5. The van der Waals surface area contributed by atoms with Crippen LogP contribution in [0.2, 0.25) is 5.15 Å². The van der Waals surface area contributed by atoms with Crippen LogP contribution in [0.1, 0.15) is 120 Å². The Labute approximate surface area is 333 Å². The lowest BCUT2D eigenvalue weighted by molar-refractivity contribution is -0.130. The third-order valence-corrected chi connectivity index (χ3v) is 10.00. The fraction of sp³-hybridized carbons (Fsp3) is 0.489. The molecule has 0 spiro atoms. The summed E-state index contributed by atoms with van der Waals surface area (Å²) in [5, 5.41) is 12.9. The highest BCUT2D eigenvalue weighted by atomic mass is 35.5. The summed E-state index contributed by atoms with van der Waals surface area (Å²) in [6.07, 6.45) is 21.6. The maximum Gasteiger partial charge on any atom is 0.333 e. The van der Waals surface area contributed by atoms with Crippen LogP contribution >= 0.6 is 11.6 Å². The number of hydrogen-bond donors (Lipinski definition) is 2. The Balaban J connectivity index is 0.000000360. The highest BCUT2D eigenvalue weighted by Crippen LogP contribution is 2.34. The van der Waals surface area contributed by atoms with Crippen LogP contribution in [0.3, 0.4) is 0 Å². The second kappa shape index (κ2) is 24.1. The zero-order valence-corrected chi connectivity index (χ0v) is 34.6. The van der Waals surface area contributed by atoms with Gasteiger partial charge >= 0.3 is 5.69 Å². The molecule has 4 rings (SSSR count). The van der Waals surface area contributed by atoms with E-state index in [0.717, 1.165) is 41.6 Å². The smallest absolute Gasteiger partial charge is 0.325 e. The van der Waals surface area contributed by atoms with E-state index in [1.807, 2.05) is 81.4 Å². The number of ketones is 1. The Morgan fingerprint density at radius 3 is 2.16 bits per heavy atom. The molecule has 0 aliphatic heterocycles. The molecule has 10 heteroatoms. The van der Waals surface area contributed by atoms with E-state index in [-0.39, 0.29) is 22.5 Å². The zero-order chi connectivity index (χ0) is 40.2. The first-order valence-electron chi connectivity index (χ1n) is 19.9. The van der Waals surface area contributed by atoms with Gasteiger partial charge in [-0.25, -0.2) is 14.2 Å². The van der Waals surface area contributed by atoms with Gasteiger partial charge in [-0.05, 0) is 89.7 Å². The van der Waals surface area contributed by atoms with Gasteiger partial charge in [0.05, 0.1) is 0 Å². The lowest BCUT2D eigenvalue weighted by Crippen LogP contribution is -2.36. The Morgan fingerprint density at radius 2 is 1.56 bits per heavy atom. The Kier molecular flexibility index (Phi) is 19.7. The zero-order valence-electron chi connectivity index (χ0n) is 33.8. The number of fused-ring (bicyclic) bond motifs is 1. The van der Waals surface area contributed by atoms with Crippen molar-refractivity contribution in [3.05, 3.63) is 98.8 Å². The van der Waals surface area contributed by atoms with Crippen molar-refractivity contribution in [3.63, 3.8) is 0 Å². The van der Waals surface area contributed by atoms with E-state index >= 15 is 0 Å². The molecule has 0 fully saturated rings. The van der Waals surface area contributed by atoms with Gasteiger partial charge in [0.25, 0.3) is 0 Å². The van der Waals surface area contributed by atoms with Gasteiger partial charge in [0, 0.05) is 24.2 Å². The number of aromatic amines is 1. The van der Waals surface area contributed by atoms with E-state index in [2.05, 4.69) is 40.4 Å². The van der Waals surface area contributed by atoms with E-state index in [1.54, 1.807) is 0 Å². The molecule has 9 nitrogen and oxygen atoms in total. The molecule has 1 unspecified atom stereocenters. The van der Waals surface area contributed by atoms with Crippen molar-refractivity contribution in [3.8, 4) is 17.2 Å². The number of nitrogens with one attached hydrogen (secondary N) is 2. The van der Waals surface area contributed by atoms with Gasteiger partial charge in [0.15, 0.2) is 5.65 Å². The summed E-state index contributed by atoms with van der Waals surface area (Å²) in [6.45, 7) is 8.04. The van der Waals surface area contributed by atoms with Crippen LogP contribution in [0.25, 0.3) is 16.8 Å². The highest BCUT2D eigenvalue weighted by Gasteiger charge is 2.25. The molecule has 0 radical (unpaired) electrons. The van der Waals surface area contributed by atoms with Crippen LogP contribution < -0.4 is 11.0 Å². The number of carbonyl (C=O) groups excluding carboxylic acids is 2. The minimum absolute atomic E-state index is 0.114. The number of nitrogens with zero attached hydrogens (tertiary/aromatic N) is 4. The van der Waals surface area contributed by atoms with Gasteiger partial charge in [-0.1, -0.05) is 125 Å². The van der Waals surface area contributed by atoms with E-state index in [9.17, 15) is 19.6 Å². The number of halogens is 1. The minimum Gasteiger partial charge on any atom is -0.325 e. The molecule has 1 atom stereocenters. The van der Waals surface area contributed by atoms with E-state index in [0.29, 0.717) is 35.6 Å². The number of rotatable bonds is 21. The summed E-state index contributed by atoms with van der Waals surface area (Å²) in [6, 6.07) is 17.5. The quantitative estimate of drug-likeness (QED) is 0.0494. The second-order valence-electron chi connectivity index (χ2n) is 14.7. The second-order valence-corrected chi connectivity index (χ2v) is 15.1. The number of benzene rings is 2. The van der Waals surface area contributed by atoms with Crippen LogP contribution in [0, 0.1) is 31.1 Å². The normalized spacial score (nSPS) is 11.8. The molecule has 4 aromatic rings. The fourth-order valence-corrected chi connectivity index (χ4v) is 6.83. The van der Waals surface area contributed by atoms with Crippen molar-refractivity contribution in [1.82, 2.24) is 19.3 Å². The SMILES string of the molecule is CC(=O)C(CN(C)C)C(=O)Nc1cc(C)ccc1C.CCCCCCCCC=CCCCCCCCc1nc2c(C#N)c(-c3ccccc3)c(Cl)n2c(=O)[nH]1. The molecule has 296 valence electrons. The van der Waals surface area contributed by atoms with Crippen molar-refractivity contribution in [1.29, 1.82) is 5.26 Å². The van der Waals surface area contributed by atoms with Gasteiger partial charge in [-0.2, -0.15) is 5.26 Å². The van der Waals surface area contributed by atoms with Crippen LogP contribution in [0.15, 0.2) is 65.5 Å². The van der Waals surface area contributed by atoms with Gasteiger partial charge in [0.1, 0.15) is 34.3 Å². The number of carbonyl (C=O) groups is 2. The maximum absolute atomic E-state index is 12.8. The number of anilines is 1. The lowest BCUT2D eigenvalue weighted by atomic mass is 10.0. The summed E-state index contributed by atoms with van der Waals surface area (Å²) in [4.78, 5) is 45.8. The average molecular weight is 769 g/mol. The van der Waals surface area contributed by atoms with Gasteiger partial charge in [-0.3, -0.25) is 14.6 Å². The number of allylic oxidation sites excluding steroid dienone is 2. The van der Waals surface area contributed by atoms with Crippen molar-refractivity contribution in [2.75, 3.05) is 26.0 Å². The molecule has 0 aliphatic carbocycles. The van der Waals surface area contributed by atoms with Crippen molar-refractivity contribution in [2.24, 2.45) is 5.92 Å². The standard InChI is InChI=1S/C30H39ClN4O.C15H22N2O2/c1-2-3-4-5-6-7-8-9-10-11-12-13-14-15-19-22-26-33-29-25(23-32)27(24-20-17-16-18-21-24)28(31)35(29)30(36)34-26;1-10-6-7-11(2)14(8-10)16-15(19)13(12(3)18)9-17(4)5/h9-10,16-18,20-21H,2-8,11-15,19,22H2,1H3,(H,33,34,36);6-8,13H,9H2,1-5H3,(H,16,19). The summed E-state index contributed by atoms with van der Waals surface area (Å²) in [5.41, 5.74) is 4.50. The van der Waals surface area contributed by atoms with E-state index < -0.39 is 5.92 Å². The summed E-state index contributed by atoms with van der Waals surface area (Å²) in [7, 11) is 3.70. The maximum atomic E-state index is 12.8. The van der Waals surface area contributed by atoms with Gasteiger partial charge in [-0.15, -0.1) is 0 Å². The van der Waals surface area contributed by atoms with Crippen molar-refractivity contribution >= 4 is 34.6 Å². The predicted octanol–water partition coefficient (Wildman–Crippen LogP) is 10.4. The molecule has 2 N–H and O–H groups in total. The Morgan fingerprint density at radius 1 is 0.945 bits per heavy atom. The molecule has 0 bridgehead atoms. The lowest BCUT2D eigenvalue weighted by Gasteiger charge is -2.19.